The topological polar surface area (TPSA) is 42.4 Å². The van der Waals surface area contributed by atoms with Gasteiger partial charge in [0.25, 0.3) is 5.91 Å². The van der Waals surface area contributed by atoms with E-state index in [1.165, 1.54) is 10.4 Å². The summed E-state index contributed by atoms with van der Waals surface area (Å²) in [5, 5.41) is 0.760. The third-order valence-electron chi connectivity index (χ3n) is 4.72. The molecule has 1 saturated heterocycles. The lowest BCUT2D eigenvalue weighted by molar-refractivity contribution is 0.0920. The molecular formula is C20H22N2O2S2. The summed E-state index contributed by atoms with van der Waals surface area (Å²) >= 11 is 3.17. The van der Waals surface area contributed by atoms with Gasteiger partial charge < -0.3 is 4.74 Å². The summed E-state index contributed by atoms with van der Waals surface area (Å²) in [7, 11) is 0. The lowest BCUT2D eigenvalue weighted by Gasteiger charge is -2.22. The number of carbonyl (C=O) groups is 1. The van der Waals surface area contributed by atoms with Crippen molar-refractivity contribution < 1.29 is 9.53 Å². The van der Waals surface area contributed by atoms with E-state index in [4.69, 9.17) is 9.72 Å². The Morgan fingerprint density at radius 3 is 2.88 bits per heavy atom. The molecule has 136 valence electrons. The molecule has 1 atom stereocenters. The van der Waals surface area contributed by atoms with E-state index in [0.29, 0.717) is 6.54 Å². The van der Waals surface area contributed by atoms with Gasteiger partial charge in [0.2, 0.25) is 0 Å². The average molecular weight is 387 g/mol. The molecule has 0 unspecified atom stereocenters. The molecule has 0 spiro atoms. The zero-order valence-corrected chi connectivity index (χ0v) is 16.7. The normalized spacial score (nSPS) is 17.1. The number of amides is 1. The number of aryl methyl sites for hydroxylation is 2. The Kier molecular flexibility index (Phi) is 5.07. The number of carbonyl (C=O) groups excluding carboxylic acids is 1. The second kappa shape index (κ2) is 7.47. The number of hydrogen-bond donors (Lipinski definition) is 0. The predicted octanol–water partition coefficient (Wildman–Crippen LogP) is 5.05. The van der Waals surface area contributed by atoms with E-state index in [2.05, 4.69) is 19.9 Å². The number of thiazole rings is 1. The number of benzene rings is 1. The first-order valence-electron chi connectivity index (χ1n) is 9.04. The number of aromatic nitrogens is 1. The molecule has 4 rings (SSSR count). The monoisotopic (exact) mass is 386 g/mol. The number of thiophene rings is 1. The Morgan fingerprint density at radius 1 is 1.35 bits per heavy atom. The van der Waals surface area contributed by atoms with Gasteiger partial charge in [-0.1, -0.05) is 30.4 Å². The highest BCUT2D eigenvalue weighted by Gasteiger charge is 2.28. The number of nitrogens with zero attached hydrogens (tertiary/aromatic N) is 2. The molecule has 3 aromatic rings. The van der Waals surface area contributed by atoms with Gasteiger partial charge >= 0.3 is 0 Å². The number of para-hydroxylation sites is 1. The van der Waals surface area contributed by atoms with Crippen LogP contribution in [0.4, 0.5) is 5.13 Å². The third kappa shape index (κ3) is 3.41. The molecule has 1 fully saturated rings. The van der Waals surface area contributed by atoms with Gasteiger partial charge in [0.05, 0.1) is 27.7 Å². The van der Waals surface area contributed by atoms with Crippen LogP contribution in [-0.2, 0) is 11.2 Å². The van der Waals surface area contributed by atoms with Crippen LogP contribution in [0.5, 0.6) is 0 Å². The predicted molar refractivity (Wildman–Crippen MR) is 109 cm³/mol. The molecule has 3 heterocycles. The Balaban J connectivity index is 1.70. The van der Waals surface area contributed by atoms with E-state index < -0.39 is 0 Å². The molecule has 0 radical (unpaired) electrons. The summed E-state index contributed by atoms with van der Waals surface area (Å²) in [5.74, 6) is 0.0346. The van der Waals surface area contributed by atoms with Crippen molar-refractivity contribution in [3.05, 3.63) is 45.6 Å². The second-order valence-electron chi connectivity index (χ2n) is 6.59. The van der Waals surface area contributed by atoms with E-state index in [9.17, 15) is 4.79 Å². The largest absolute Gasteiger partial charge is 0.376 e. The van der Waals surface area contributed by atoms with Crippen LogP contribution in [0.2, 0.25) is 0 Å². The van der Waals surface area contributed by atoms with Crippen LogP contribution >= 0.6 is 22.7 Å². The summed E-state index contributed by atoms with van der Waals surface area (Å²) in [6, 6.07) is 10.0. The van der Waals surface area contributed by atoms with Crippen LogP contribution in [0.25, 0.3) is 10.2 Å². The number of hydrogen-bond acceptors (Lipinski definition) is 5. The maximum absolute atomic E-state index is 13.3. The summed E-state index contributed by atoms with van der Waals surface area (Å²) in [6.07, 6.45) is 3.11. The van der Waals surface area contributed by atoms with Gasteiger partial charge in [0.1, 0.15) is 0 Å². The molecule has 0 saturated carbocycles. The van der Waals surface area contributed by atoms with Crippen molar-refractivity contribution in [3.8, 4) is 0 Å². The van der Waals surface area contributed by atoms with E-state index in [-0.39, 0.29) is 12.0 Å². The molecule has 2 aromatic heterocycles. The van der Waals surface area contributed by atoms with Gasteiger partial charge in [0, 0.05) is 11.5 Å². The zero-order chi connectivity index (χ0) is 18.1. The van der Waals surface area contributed by atoms with Crippen molar-refractivity contribution in [2.45, 2.75) is 39.2 Å². The highest BCUT2D eigenvalue weighted by molar-refractivity contribution is 7.22. The highest BCUT2D eigenvalue weighted by atomic mass is 32.1. The lowest BCUT2D eigenvalue weighted by atomic mass is 10.2. The van der Waals surface area contributed by atoms with Gasteiger partial charge in [-0.05, 0) is 49.9 Å². The molecule has 0 aliphatic carbocycles. The number of anilines is 1. The van der Waals surface area contributed by atoms with Crippen molar-refractivity contribution in [2.75, 3.05) is 18.1 Å². The average Bonchev–Trinajstić information content (AvgIpc) is 3.38. The molecular weight excluding hydrogens is 364 g/mol. The molecule has 0 bridgehead atoms. The van der Waals surface area contributed by atoms with Crippen molar-refractivity contribution in [2.24, 2.45) is 0 Å². The number of rotatable bonds is 5. The summed E-state index contributed by atoms with van der Waals surface area (Å²) < 4.78 is 6.90. The molecule has 1 amide bonds. The molecule has 6 heteroatoms. The van der Waals surface area contributed by atoms with E-state index in [1.807, 2.05) is 29.2 Å². The van der Waals surface area contributed by atoms with Gasteiger partial charge in [0.15, 0.2) is 5.13 Å². The maximum atomic E-state index is 13.3. The quantitative estimate of drug-likeness (QED) is 0.616. The first kappa shape index (κ1) is 17.6. The Hall–Kier alpha value is -1.76. The smallest absolute Gasteiger partial charge is 0.270 e. The summed E-state index contributed by atoms with van der Waals surface area (Å²) in [5.41, 5.74) is 2.14. The standard InChI is InChI=1S/C20H22N2O2S2/c1-3-16-13(2)11-18(25-16)19(23)22(12-14-7-6-10-24-14)20-21-15-8-4-5-9-17(15)26-20/h4-5,8-9,11,14H,3,6-7,10,12H2,1-2H3/t14-/m0/s1. The number of ether oxygens (including phenoxy) is 1. The minimum absolute atomic E-state index is 0.0346. The van der Waals surface area contributed by atoms with Crippen molar-refractivity contribution in [3.63, 3.8) is 0 Å². The molecule has 0 N–H and O–H groups in total. The van der Waals surface area contributed by atoms with Crippen molar-refractivity contribution >= 4 is 43.9 Å². The number of fused-ring (bicyclic) bond motifs is 1. The van der Waals surface area contributed by atoms with Crippen LogP contribution in [0, 0.1) is 6.92 Å². The van der Waals surface area contributed by atoms with Gasteiger partial charge in [-0.15, -0.1) is 11.3 Å². The minimum atomic E-state index is 0.0346. The molecule has 1 aliphatic heterocycles. The first-order chi connectivity index (χ1) is 12.7. The Morgan fingerprint density at radius 2 is 2.19 bits per heavy atom. The Labute approximate surface area is 161 Å². The van der Waals surface area contributed by atoms with E-state index in [0.717, 1.165) is 46.1 Å². The SMILES string of the molecule is CCc1sc(C(=O)N(C[C@@H]2CCCO2)c2nc3ccccc3s2)cc1C. The molecule has 1 aromatic carbocycles. The van der Waals surface area contributed by atoms with Crippen molar-refractivity contribution in [1.29, 1.82) is 0 Å². The fraction of sp³-hybridized carbons (Fsp3) is 0.400. The fourth-order valence-corrected chi connectivity index (χ4v) is 5.36. The van der Waals surface area contributed by atoms with E-state index >= 15 is 0 Å². The summed E-state index contributed by atoms with van der Waals surface area (Å²) in [4.78, 5) is 21.9. The van der Waals surface area contributed by atoms with Crippen LogP contribution < -0.4 is 4.90 Å². The van der Waals surface area contributed by atoms with Crippen molar-refractivity contribution in [1.82, 2.24) is 4.98 Å². The van der Waals surface area contributed by atoms with Gasteiger partial charge in [-0.2, -0.15) is 0 Å². The highest BCUT2D eigenvalue weighted by Crippen LogP contribution is 2.32. The van der Waals surface area contributed by atoms with E-state index in [1.54, 1.807) is 22.7 Å². The van der Waals surface area contributed by atoms with Crippen LogP contribution in [-0.4, -0.2) is 30.1 Å². The minimum Gasteiger partial charge on any atom is -0.376 e. The molecule has 26 heavy (non-hydrogen) atoms. The first-order valence-corrected chi connectivity index (χ1v) is 10.7. The van der Waals surface area contributed by atoms with Gasteiger partial charge in [-0.3, -0.25) is 9.69 Å². The third-order valence-corrected chi connectivity index (χ3v) is 7.15. The van der Waals surface area contributed by atoms with Crippen LogP contribution in [0.1, 0.15) is 39.9 Å². The van der Waals surface area contributed by atoms with Gasteiger partial charge in [-0.25, -0.2) is 4.98 Å². The van der Waals surface area contributed by atoms with Crippen LogP contribution in [0.15, 0.2) is 30.3 Å². The second-order valence-corrected chi connectivity index (χ2v) is 8.73. The Bertz CT molecular complexity index is 892. The fourth-order valence-electron chi connectivity index (χ4n) is 3.32. The maximum Gasteiger partial charge on any atom is 0.270 e. The molecule has 4 nitrogen and oxygen atoms in total. The molecule has 1 aliphatic rings. The summed E-state index contributed by atoms with van der Waals surface area (Å²) in [6.45, 7) is 5.56. The lowest BCUT2D eigenvalue weighted by Crippen LogP contribution is -2.37. The van der Waals surface area contributed by atoms with Crippen LogP contribution in [0.3, 0.4) is 0 Å². The zero-order valence-electron chi connectivity index (χ0n) is 15.0.